The average molecular weight is 430 g/mol. The zero-order valence-electron chi connectivity index (χ0n) is 16.7. The maximum Gasteiger partial charge on any atom is 0.183 e. The Morgan fingerprint density at radius 2 is 2.21 bits per heavy atom. The number of thiophene rings is 1. The Morgan fingerprint density at radius 3 is 2.97 bits per heavy atom. The van der Waals surface area contributed by atoms with Gasteiger partial charge in [-0.2, -0.15) is 0 Å². The topological polar surface area (TPSA) is 73.3 Å². The molecule has 8 heteroatoms. The van der Waals surface area contributed by atoms with E-state index in [1.807, 2.05) is 37.3 Å². The van der Waals surface area contributed by atoms with Crippen LogP contribution in [-0.2, 0) is 10.3 Å². The molecule has 0 bridgehead atoms. The number of aryl methyl sites for hydroxylation is 1. The molecule has 0 radical (unpaired) electrons. The average Bonchev–Trinajstić information content (AvgIpc) is 3.23. The van der Waals surface area contributed by atoms with Crippen molar-refractivity contribution < 1.29 is 14.3 Å². The first-order valence-electron chi connectivity index (χ1n) is 9.42. The molecule has 0 saturated carbocycles. The molecule has 1 N–H and O–H groups in total. The van der Waals surface area contributed by atoms with Gasteiger partial charge in [-0.15, -0.1) is 11.3 Å². The van der Waals surface area contributed by atoms with Gasteiger partial charge in [0.2, 0.25) is 0 Å². The standard InChI is InChI=1S/C21H23N3O3S2/c1-13-23-16-5-4-14(26-3)10-15(16)20(24-13)28-11-17(25)18-6-7-19(29-18)21(2)12-22-8-9-27-21/h4-7,10,22H,8-9,11-12H2,1-3H3/t21-/m0/s1. The quantitative estimate of drug-likeness (QED) is 0.363. The van der Waals surface area contributed by atoms with E-state index in [4.69, 9.17) is 9.47 Å². The molecule has 6 nitrogen and oxygen atoms in total. The first-order chi connectivity index (χ1) is 14.0. The number of hydrogen-bond acceptors (Lipinski definition) is 8. The van der Waals surface area contributed by atoms with Crippen LogP contribution in [0.3, 0.4) is 0 Å². The second-order valence-corrected chi connectivity index (χ2v) is 9.14. The van der Waals surface area contributed by atoms with Crippen molar-refractivity contribution in [2.24, 2.45) is 0 Å². The van der Waals surface area contributed by atoms with E-state index < -0.39 is 0 Å². The summed E-state index contributed by atoms with van der Waals surface area (Å²) in [5.41, 5.74) is 0.479. The number of aromatic nitrogens is 2. The zero-order chi connectivity index (χ0) is 20.4. The van der Waals surface area contributed by atoms with Gasteiger partial charge in [-0.1, -0.05) is 11.8 Å². The maximum absolute atomic E-state index is 12.8. The van der Waals surface area contributed by atoms with Crippen molar-refractivity contribution in [3.8, 4) is 5.75 Å². The molecule has 2 aromatic heterocycles. The van der Waals surface area contributed by atoms with Crippen molar-refractivity contribution in [3.63, 3.8) is 0 Å². The number of carbonyl (C=O) groups excluding carboxylic acids is 1. The fourth-order valence-corrected chi connectivity index (χ4v) is 5.36. The molecule has 152 valence electrons. The summed E-state index contributed by atoms with van der Waals surface area (Å²) in [6, 6.07) is 9.62. The molecule has 1 fully saturated rings. The number of hydrogen-bond donors (Lipinski definition) is 1. The van der Waals surface area contributed by atoms with Gasteiger partial charge in [0.1, 0.15) is 22.2 Å². The monoisotopic (exact) mass is 429 g/mol. The molecule has 4 rings (SSSR count). The number of ether oxygens (including phenoxy) is 2. The minimum atomic E-state index is -0.370. The van der Waals surface area contributed by atoms with Crippen LogP contribution in [-0.4, -0.2) is 48.3 Å². The van der Waals surface area contributed by atoms with Gasteiger partial charge in [-0.3, -0.25) is 4.79 Å². The number of rotatable bonds is 6. The highest BCUT2D eigenvalue weighted by atomic mass is 32.2. The van der Waals surface area contributed by atoms with E-state index in [-0.39, 0.29) is 11.4 Å². The normalized spacial score (nSPS) is 19.4. The van der Waals surface area contributed by atoms with E-state index in [1.165, 1.54) is 23.1 Å². The molecule has 0 aliphatic carbocycles. The molecular weight excluding hydrogens is 406 g/mol. The predicted octanol–water partition coefficient (Wildman–Crippen LogP) is 3.82. The van der Waals surface area contributed by atoms with E-state index in [1.54, 1.807) is 7.11 Å². The fourth-order valence-electron chi connectivity index (χ4n) is 3.29. The van der Waals surface area contributed by atoms with Crippen LogP contribution in [0.15, 0.2) is 35.4 Å². The number of carbonyl (C=O) groups is 1. The third kappa shape index (κ3) is 4.30. The van der Waals surface area contributed by atoms with Crippen LogP contribution in [0.1, 0.15) is 27.3 Å². The fraction of sp³-hybridized carbons (Fsp3) is 0.381. The first kappa shape index (κ1) is 20.3. The van der Waals surface area contributed by atoms with E-state index in [0.29, 0.717) is 18.2 Å². The lowest BCUT2D eigenvalue weighted by Crippen LogP contribution is -2.44. The number of nitrogens with one attached hydrogen (secondary N) is 1. The molecule has 3 aromatic rings. The Labute approximate surface area is 178 Å². The number of thioether (sulfide) groups is 1. The lowest BCUT2D eigenvalue weighted by Gasteiger charge is -2.33. The molecule has 1 saturated heterocycles. The molecule has 0 unspecified atom stereocenters. The number of benzene rings is 1. The highest BCUT2D eigenvalue weighted by molar-refractivity contribution is 8.00. The van der Waals surface area contributed by atoms with Crippen LogP contribution in [0.2, 0.25) is 0 Å². The van der Waals surface area contributed by atoms with Gasteiger partial charge in [-0.25, -0.2) is 9.97 Å². The van der Waals surface area contributed by atoms with Crippen molar-refractivity contribution in [1.82, 2.24) is 15.3 Å². The van der Waals surface area contributed by atoms with E-state index in [2.05, 4.69) is 22.2 Å². The lowest BCUT2D eigenvalue weighted by atomic mass is 10.0. The third-order valence-corrected chi connectivity index (χ3v) is 7.25. The molecule has 29 heavy (non-hydrogen) atoms. The number of morpholine rings is 1. The van der Waals surface area contributed by atoms with Crippen LogP contribution < -0.4 is 10.1 Å². The third-order valence-electron chi connectivity index (χ3n) is 4.88. The number of ketones is 1. The van der Waals surface area contributed by atoms with Crippen LogP contribution in [0.5, 0.6) is 5.75 Å². The zero-order valence-corrected chi connectivity index (χ0v) is 18.3. The molecule has 0 spiro atoms. The number of methoxy groups -OCH3 is 1. The maximum atomic E-state index is 12.8. The summed E-state index contributed by atoms with van der Waals surface area (Å²) in [6.45, 7) is 6.22. The Bertz CT molecular complexity index is 1040. The van der Waals surface area contributed by atoms with Gasteiger partial charge in [0.15, 0.2) is 5.78 Å². The SMILES string of the molecule is COc1ccc2nc(C)nc(SCC(=O)c3ccc([C@]4(C)CNCCO4)s3)c2c1. The van der Waals surface area contributed by atoms with Gasteiger partial charge in [0, 0.05) is 23.4 Å². The van der Waals surface area contributed by atoms with Crippen molar-refractivity contribution in [2.45, 2.75) is 24.5 Å². The van der Waals surface area contributed by atoms with Crippen molar-refractivity contribution >= 4 is 39.8 Å². The predicted molar refractivity (Wildman–Crippen MR) is 116 cm³/mol. The molecule has 1 aliphatic heterocycles. The highest BCUT2D eigenvalue weighted by Crippen LogP contribution is 2.34. The minimum Gasteiger partial charge on any atom is -0.497 e. The molecule has 1 atom stereocenters. The van der Waals surface area contributed by atoms with E-state index >= 15 is 0 Å². The minimum absolute atomic E-state index is 0.0888. The highest BCUT2D eigenvalue weighted by Gasteiger charge is 2.32. The number of nitrogens with zero attached hydrogens (tertiary/aromatic N) is 2. The van der Waals surface area contributed by atoms with Crippen LogP contribution in [0.25, 0.3) is 10.9 Å². The number of Topliss-reactive ketones (excluding diaryl/α,β-unsaturated/α-hetero) is 1. The van der Waals surface area contributed by atoms with Crippen molar-refractivity contribution in [2.75, 3.05) is 32.6 Å². The summed E-state index contributed by atoms with van der Waals surface area (Å²) in [5, 5.41) is 5.05. The van der Waals surface area contributed by atoms with Gasteiger partial charge < -0.3 is 14.8 Å². The second-order valence-electron chi connectivity index (χ2n) is 7.09. The summed E-state index contributed by atoms with van der Waals surface area (Å²) < 4.78 is 11.3. The second kappa shape index (κ2) is 8.39. The van der Waals surface area contributed by atoms with Gasteiger partial charge in [-0.05, 0) is 44.2 Å². The Hall–Kier alpha value is -2.00. The Kier molecular flexibility index (Phi) is 5.87. The summed E-state index contributed by atoms with van der Waals surface area (Å²) >= 11 is 2.95. The molecule has 3 heterocycles. The summed E-state index contributed by atoms with van der Waals surface area (Å²) in [7, 11) is 1.63. The summed E-state index contributed by atoms with van der Waals surface area (Å²) in [4.78, 5) is 23.7. The van der Waals surface area contributed by atoms with Crippen molar-refractivity contribution in [1.29, 1.82) is 0 Å². The van der Waals surface area contributed by atoms with Crippen molar-refractivity contribution in [3.05, 3.63) is 45.9 Å². The summed E-state index contributed by atoms with van der Waals surface area (Å²) in [5.74, 6) is 1.84. The van der Waals surface area contributed by atoms with Crippen LogP contribution in [0.4, 0.5) is 0 Å². The number of fused-ring (bicyclic) bond motifs is 1. The molecule has 1 aliphatic rings. The van der Waals surface area contributed by atoms with Gasteiger partial charge in [0.25, 0.3) is 0 Å². The largest absolute Gasteiger partial charge is 0.497 e. The first-order valence-corrected chi connectivity index (χ1v) is 11.2. The lowest BCUT2D eigenvalue weighted by molar-refractivity contribution is -0.0546. The van der Waals surface area contributed by atoms with Crippen LogP contribution in [0, 0.1) is 6.92 Å². The molecular formula is C21H23N3O3S2. The smallest absolute Gasteiger partial charge is 0.183 e. The Morgan fingerprint density at radius 1 is 1.34 bits per heavy atom. The summed E-state index contributed by atoms with van der Waals surface area (Å²) in [6.07, 6.45) is 0. The van der Waals surface area contributed by atoms with Gasteiger partial charge >= 0.3 is 0 Å². The van der Waals surface area contributed by atoms with E-state index in [9.17, 15) is 4.79 Å². The van der Waals surface area contributed by atoms with Gasteiger partial charge in [0.05, 0.1) is 29.9 Å². The van der Waals surface area contributed by atoms with Crippen LogP contribution >= 0.6 is 23.1 Å². The Balaban J connectivity index is 1.52. The molecule has 1 aromatic carbocycles. The molecule has 0 amide bonds. The van der Waals surface area contributed by atoms with E-state index in [0.717, 1.165) is 44.5 Å².